The normalized spacial score (nSPS) is 15.2. The first-order valence-corrected chi connectivity index (χ1v) is 11.7. The number of likely N-dealkylation sites (N-methyl/N-ethyl adjacent to an activating group) is 1. The average Bonchev–Trinajstić information content (AvgIpc) is 3.56. The van der Waals surface area contributed by atoms with Crippen molar-refractivity contribution in [3.8, 4) is 22.7 Å². The third kappa shape index (κ3) is 5.60. The molecular formula is C25H27F2N7O. The molecule has 2 aromatic heterocycles. The third-order valence-corrected chi connectivity index (χ3v) is 6.25. The number of alkyl halides is 2. The van der Waals surface area contributed by atoms with Gasteiger partial charge in [0.2, 0.25) is 5.89 Å². The second-order valence-electron chi connectivity index (χ2n) is 8.66. The molecule has 1 aliphatic heterocycles. The van der Waals surface area contributed by atoms with E-state index in [1.807, 2.05) is 18.3 Å². The van der Waals surface area contributed by atoms with Crippen molar-refractivity contribution in [2.24, 2.45) is 0 Å². The quantitative estimate of drug-likeness (QED) is 0.376. The fraction of sp³-hybridized carbons (Fsp3) is 0.360. The average molecular weight is 480 g/mol. The van der Waals surface area contributed by atoms with Crippen LogP contribution in [0, 0.1) is 0 Å². The van der Waals surface area contributed by atoms with Crippen molar-refractivity contribution >= 4 is 0 Å². The maximum atomic E-state index is 12.7. The van der Waals surface area contributed by atoms with Crippen molar-refractivity contribution in [2.75, 3.05) is 32.7 Å². The van der Waals surface area contributed by atoms with Crippen LogP contribution in [0.3, 0.4) is 0 Å². The summed E-state index contributed by atoms with van der Waals surface area (Å²) in [6, 6.07) is 15.8. The van der Waals surface area contributed by atoms with Gasteiger partial charge in [0, 0.05) is 43.9 Å². The Morgan fingerprint density at radius 1 is 0.857 bits per heavy atom. The molecule has 35 heavy (non-hydrogen) atoms. The molecule has 2 aromatic carbocycles. The Labute approximate surface area is 202 Å². The first-order valence-electron chi connectivity index (χ1n) is 11.7. The van der Waals surface area contributed by atoms with Crippen LogP contribution in [0.2, 0.25) is 0 Å². The lowest BCUT2D eigenvalue weighted by Crippen LogP contribution is -2.45. The number of piperazine rings is 1. The number of halogens is 2. The van der Waals surface area contributed by atoms with Gasteiger partial charge in [0.05, 0.1) is 12.7 Å². The SMILES string of the molecule is CCN1CCN(Cc2cccc(-c3cn(Cc4ccc(-c5nnc(C(F)F)o5)cc4)nn3)c2)CC1. The largest absolute Gasteiger partial charge is 0.415 e. The summed E-state index contributed by atoms with van der Waals surface area (Å²) in [6.45, 7) is 9.22. The monoisotopic (exact) mass is 479 g/mol. The van der Waals surface area contributed by atoms with Crippen LogP contribution in [0.25, 0.3) is 22.7 Å². The van der Waals surface area contributed by atoms with Gasteiger partial charge in [0.15, 0.2) is 0 Å². The molecule has 182 valence electrons. The van der Waals surface area contributed by atoms with Crippen molar-refractivity contribution in [1.82, 2.24) is 35.0 Å². The van der Waals surface area contributed by atoms with Crippen molar-refractivity contribution < 1.29 is 13.2 Å². The van der Waals surface area contributed by atoms with Gasteiger partial charge in [-0.1, -0.05) is 42.5 Å². The Bertz CT molecular complexity index is 1250. The third-order valence-electron chi connectivity index (χ3n) is 6.25. The first kappa shape index (κ1) is 23.3. The zero-order chi connectivity index (χ0) is 24.2. The summed E-state index contributed by atoms with van der Waals surface area (Å²) < 4.78 is 32.1. The highest BCUT2D eigenvalue weighted by Crippen LogP contribution is 2.24. The molecule has 0 amide bonds. The fourth-order valence-corrected chi connectivity index (χ4v) is 4.24. The van der Waals surface area contributed by atoms with Crippen LogP contribution in [-0.2, 0) is 13.1 Å². The van der Waals surface area contributed by atoms with Gasteiger partial charge < -0.3 is 9.32 Å². The Hall–Kier alpha value is -3.50. The summed E-state index contributed by atoms with van der Waals surface area (Å²) in [5.74, 6) is -0.607. The van der Waals surface area contributed by atoms with Gasteiger partial charge in [-0.15, -0.1) is 15.3 Å². The lowest BCUT2D eigenvalue weighted by Gasteiger charge is -2.34. The molecule has 5 rings (SSSR count). The second kappa shape index (κ2) is 10.4. The highest BCUT2D eigenvalue weighted by molar-refractivity contribution is 5.58. The van der Waals surface area contributed by atoms with E-state index in [-0.39, 0.29) is 5.89 Å². The molecule has 0 spiro atoms. The summed E-state index contributed by atoms with van der Waals surface area (Å²) in [4.78, 5) is 4.97. The Morgan fingerprint density at radius 3 is 2.34 bits per heavy atom. The Balaban J connectivity index is 1.22. The maximum absolute atomic E-state index is 12.7. The molecule has 1 saturated heterocycles. The summed E-state index contributed by atoms with van der Waals surface area (Å²) in [6.07, 6.45) is -0.853. The molecule has 0 unspecified atom stereocenters. The van der Waals surface area contributed by atoms with E-state index in [9.17, 15) is 8.78 Å². The summed E-state index contributed by atoms with van der Waals surface area (Å²) >= 11 is 0. The second-order valence-corrected chi connectivity index (χ2v) is 8.66. The molecule has 0 aliphatic carbocycles. The highest BCUT2D eigenvalue weighted by Gasteiger charge is 2.17. The molecule has 0 saturated carbocycles. The van der Waals surface area contributed by atoms with Gasteiger partial charge in [-0.3, -0.25) is 4.90 Å². The van der Waals surface area contributed by atoms with E-state index < -0.39 is 12.3 Å². The molecule has 3 heterocycles. The number of hydrogen-bond acceptors (Lipinski definition) is 7. The number of aromatic nitrogens is 5. The molecule has 1 aliphatic rings. The first-order chi connectivity index (χ1) is 17.1. The molecular weight excluding hydrogens is 452 g/mol. The zero-order valence-electron chi connectivity index (χ0n) is 19.5. The lowest BCUT2D eigenvalue weighted by atomic mass is 10.1. The van der Waals surface area contributed by atoms with Crippen LogP contribution in [0.5, 0.6) is 0 Å². The Kier molecular flexibility index (Phi) is 6.91. The number of benzene rings is 2. The van der Waals surface area contributed by atoms with E-state index in [2.05, 4.69) is 61.5 Å². The fourth-order valence-electron chi connectivity index (χ4n) is 4.24. The van der Waals surface area contributed by atoms with Crippen LogP contribution in [-0.4, -0.2) is 67.7 Å². The summed E-state index contributed by atoms with van der Waals surface area (Å²) in [5, 5.41) is 15.7. The van der Waals surface area contributed by atoms with Gasteiger partial charge in [-0.05, 0) is 35.9 Å². The zero-order valence-corrected chi connectivity index (χ0v) is 19.5. The van der Waals surface area contributed by atoms with Crippen molar-refractivity contribution in [1.29, 1.82) is 0 Å². The summed E-state index contributed by atoms with van der Waals surface area (Å²) in [5.41, 5.74) is 4.71. The molecule has 0 radical (unpaired) electrons. The van der Waals surface area contributed by atoms with Crippen molar-refractivity contribution in [2.45, 2.75) is 26.4 Å². The smallest absolute Gasteiger partial charge is 0.314 e. The van der Waals surface area contributed by atoms with E-state index in [1.165, 1.54) is 5.56 Å². The van der Waals surface area contributed by atoms with E-state index in [0.717, 1.165) is 56.1 Å². The molecule has 10 heteroatoms. The molecule has 4 aromatic rings. The van der Waals surface area contributed by atoms with Crippen LogP contribution in [0.1, 0.15) is 30.4 Å². The number of nitrogens with zero attached hydrogens (tertiary/aromatic N) is 7. The van der Waals surface area contributed by atoms with Gasteiger partial charge in [-0.2, -0.15) is 8.78 Å². The van der Waals surface area contributed by atoms with Crippen LogP contribution in [0.15, 0.2) is 59.1 Å². The predicted octanol–water partition coefficient (Wildman–Crippen LogP) is 4.12. The summed E-state index contributed by atoms with van der Waals surface area (Å²) in [7, 11) is 0. The van der Waals surface area contributed by atoms with Crippen LogP contribution < -0.4 is 0 Å². The number of hydrogen-bond donors (Lipinski definition) is 0. The van der Waals surface area contributed by atoms with E-state index in [0.29, 0.717) is 12.1 Å². The van der Waals surface area contributed by atoms with Gasteiger partial charge in [0.1, 0.15) is 5.69 Å². The van der Waals surface area contributed by atoms with Crippen LogP contribution >= 0.6 is 0 Å². The molecule has 1 fully saturated rings. The lowest BCUT2D eigenvalue weighted by molar-refractivity contribution is 0.116. The minimum absolute atomic E-state index is 0.0713. The van der Waals surface area contributed by atoms with Gasteiger partial charge in [-0.25, -0.2) is 4.68 Å². The van der Waals surface area contributed by atoms with Crippen molar-refractivity contribution in [3.63, 3.8) is 0 Å². The Morgan fingerprint density at radius 2 is 1.63 bits per heavy atom. The van der Waals surface area contributed by atoms with E-state index in [1.54, 1.807) is 16.8 Å². The maximum Gasteiger partial charge on any atom is 0.314 e. The molecule has 0 bridgehead atoms. The molecule has 8 nitrogen and oxygen atoms in total. The standard InChI is InChI=1S/C25H27F2N7O/c1-2-32-10-12-33(13-11-32)15-19-4-3-5-21(14-19)22-17-34(31-28-22)16-18-6-8-20(9-7-18)24-29-30-25(35-24)23(26)27/h3-9,14,17,23H,2,10-13,15-16H2,1H3. The van der Waals surface area contributed by atoms with Crippen LogP contribution in [0.4, 0.5) is 8.78 Å². The predicted molar refractivity (Wildman–Crippen MR) is 127 cm³/mol. The minimum atomic E-state index is -2.78. The number of rotatable bonds is 8. The topological polar surface area (TPSA) is 76.1 Å². The van der Waals surface area contributed by atoms with E-state index >= 15 is 0 Å². The van der Waals surface area contributed by atoms with Gasteiger partial charge in [0.25, 0.3) is 5.89 Å². The highest BCUT2D eigenvalue weighted by atomic mass is 19.3. The molecule has 0 atom stereocenters. The minimum Gasteiger partial charge on any atom is -0.415 e. The molecule has 0 N–H and O–H groups in total. The van der Waals surface area contributed by atoms with E-state index in [4.69, 9.17) is 4.42 Å². The van der Waals surface area contributed by atoms with Crippen molar-refractivity contribution in [3.05, 3.63) is 71.7 Å². The van der Waals surface area contributed by atoms with Gasteiger partial charge >= 0.3 is 6.43 Å².